The average molecular weight is 265 g/mol. The van der Waals surface area contributed by atoms with Crippen LogP contribution in [0.2, 0.25) is 0 Å². The molecule has 0 amide bonds. The van der Waals surface area contributed by atoms with E-state index in [2.05, 4.69) is 30.9 Å². The molecule has 0 saturated carbocycles. The largest absolute Gasteiger partial charge is 0.368 e. The van der Waals surface area contributed by atoms with Crippen molar-refractivity contribution in [3.8, 4) is 0 Å². The van der Waals surface area contributed by atoms with Crippen LogP contribution in [0.1, 0.15) is 11.4 Å². The van der Waals surface area contributed by atoms with E-state index in [-0.39, 0.29) is 5.95 Å². The third kappa shape index (κ3) is 2.50. The SMILES string of the molecule is Nc1ncnc(Cc2ccccc2Br)n1. The molecule has 0 fully saturated rings. The summed E-state index contributed by atoms with van der Waals surface area (Å²) in [6, 6.07) is 7.95. The second kappa shape index (κ2) is 4.35. The Hall–Kier alpha value is -1.49. The van der Waals surface area contributed by atoms with Crippen LogP contribution >= 0.6 is 15.9 Å². The lowest BCUT2D eigenvalue weighted by Crippen LogP contribution is -2.02. The quantitative estimate of drug-likeness (QED) is 0.899. The summed E-state index contributed by atoms with van der Waals surface area (Å²) >= 11 is 3.47. The second-order valence-corrected chi connectivity index (χ2v) is 3.88. The van der Waals surface area contributed by atoms with Crippen LogP contribution in [-0.4, -0.2) is 15.0 Å². The van der Waals surface area contributed by atoms with Crippen LogP contribution < -0.4 is 5.73 Å². The third-order valence-electron chi connectivity index (χ3n) is 1.95. The van der Waals surface area contributed by atoms with Crippen molar-refractivity contribution < 1.29 is 0 Å². The predicted octanol–water partition coefficient (Wildman–Crippen LogP) is 1.81. The van der Waals surface area contributed by atoms with Gasteiger partial charge in [0.05, 0.1) is 0 Å². The van der Waals surface area contributed by atoms with Crippen molar-refractivity contribution in [2.24, 2.45) is 0 Å². The molecule has 4 nitrogen and oxygen atoms in total. The maximum atomic E-state index is 5.48. The molecule has 1 aromatic carbocycles. The fourth-order valence-electron chi connectivity index (χ4n) is 1.24. The molecule has 0 aliphatic heterocycles. The number of nitrogens with zero attached hydrogens (tertiary/aromatic N) is 3. The van der Waals surface area contributed by atoms with Gasteiger partial charge in [-0.2, -0.15) is 4.98 Å². The van der Waals surface area contributed by atoms with Crippen molar-refractivity contribution in [1.82, 2.24) is 15.0 Å². The van der Waals surface area contributed by atoms with Gasteiger partial charge in [0, 0.05) is 10.9 Å². The van der Waals surface area contributed by atoms with Crippen molar-refractivity contribution in [3.63, 3.8) is 0 Å². The lowest BCUT2D eigenvalue weighted by atomic mass is 10.1. The highest BCUT2D eigenvalue weighted by atomic mass is 79.9. The first-order valence-electron chi connectivity index (χ1n) is 4.42. The Morgan fingerprint density at radius 2 is 2.00 bits per heavy atom. The van der Waals surface area contributed by atoms with Crippen LogP contribution in [0.3, 0.4) is 0 Å². The van der Waals surface area contributed by atoms with Crippen LogP contribution in [0.15, 0.2) is 35.1 Å². The van der Waals surface area contributed by atoms with E-state index in [1.54, 1.807) is 0 Å². The van der Waals surface area contributed by atoms with E-state index >= 15 is 0 Å². The smallest absolute Gasteiger partial charge is 0.223 e. The van der Waals surface area contributed by atoms with Crippen LogP contribution in [0.5, 0.6) is 0 Å². The van der Waals surface area contributed by atoms with E-state index in [9.17, 15) is 0 Å². The number of nitrogens with two attached hydrogens (primary N) is 1. The highest BCUT2D eigenvalue weighted by Gasteiger charge is 2.03. The van der Waals surface area contributed by atoms with E-state index in [1.165, 1.54) is 6.33 Å². The molecule has 2 aromatic rings. The van der Waals surface area contributed by atoms with Crippen LogP contribution in [-0.2, 0) is 6.42 Å². The normalized spacial score (nSPS) is 10.2. The van der Waals surface area contributed by atoms with Crippen molar-refractivity contribution in [2.75, 3.05) is 5.73 Å². The van der Waals surface area contributed by atoms with Gasteiger partial charge in [0.15, 0.2) is 0 Å². The summed E-state index contributed by atoms with van der Waals surface area (Å²) in [7, 11) is 0. The Balaban J connectivity index is 2.26. The van der Waals surface area contributed by atoms with E-state index in [0.717, 1.165) is 10.0 Å². The Kier molecular flexibility index (Phi) is 2.91. The van der Waals surface area contributed by atoms with Crippen LogP contribution in [0, 0.1) is 0 Å². The zero-order valence-corrected chi connectivity index (χ0v) is 9.48. The second-order valence-electron chi connectivity index (χ2n) is 3.03. The molecule has 0 aliphatic carbocycles. The lowest BCUT2D eigenvalue weighted by Gasteiger charge is -2.02. The molecule has 0 unspecified atom stereocenters. The summed E-state index contributed by atoms with van der Waals surface area (Å²) in [5.74, 6) is 0.932. The highest BCUT2D eigenvalue weighted by Crippen LogP contribution is 2.17. The van der Waals surface area contributed by atoms with Crippen LogP contribution in [0.4, 0.5) is 5.95 Å². The molecular formula is C10H9BrN4. The Bertz CT molecular complexity index is 472. The lowest BCUT2D eigenvalue weighted by molar-refractivity contribution is 0.926. The maximum Gasteiger partial charge on any atom is 0.223 e. The fraction of sp³-hybridized carbons (Fsp3) is 0.100. The molecule has 5 heteroatoms. The van der Waals surface area contributed by atoms with E-state index in [0.29, 0.717) is 12.2 Å². The summed E-state index contributed by atoms with van der Waals surface area (Å²) in [5.41, 5.74) is 6.60. The molecule has 1 aromatic heterocycles. The molecule has 0 bridgehead atoms. The molecular weight excluding hydrogens is 256 g/mol. The van der Waals surface area contributed by atoms with E-state index < -0.39 is 0 Å². The highest BCUT2D eigenvalue weighted by molar-refractivity contribution is 9.10. The standard InChI is InChI=1S/C10H9BrN4/c11-8-4-2-1-3-7(8)5-9-13-6-14-10(12)15-9/h1-4,6H,5H2,(H2,12,13,14,15). The Labute approximate surface area is 95.7 Å². The van der Waals surface area contributed by atoms with Gasteiger partial charge in [0.25, 0.3) is 0 Å². The van der Waals surface area contributed by atoms with Gasteiger partial charge in [-0.05, 0) is 11.6 Å². The number of anilines is 1. The van der Waals surface area contributed by atoms with Gasteiger partial charge in [-0.15, -0.1) is 0 Å². The van der Waals surface area contributed by atoms with Gasteiger partial charge in [0.2, 0.25) is 5.95 Å². The van der Waals surface area contributed by atoms with Crippen LogP contribution in [0.25, 0.3) is 0 Å². The molecule has 76 valence electrons. The first kappa shape index (κ1) is 10.0. The first-order chi connectivity index (χ1) is 7.25. The minimum absolute atomic E-state index is 0.257. The van der Waals surface area contributed by atoms with E-state index in [4.69, 9.17) is 5.73 Å². The number of hydrogen-bond donors (Lipinski definition) is 1. The number of halogens is 1. The minimum Gasteiger partial charge on any atom is -0.368 e. The summed E-state index contributed by atoms with van der Waals surface area (Å²) in [5, 5.41) is 0. The molecule has 2 rings (SSSR count). The van der Waals surface area contributed by atoms with Gasteiger partial charge < -0.3 is 5.73 Å². The number of rotatable bonds is 2. The fourth-order valence-corrected chi connectivity index (χ4v) is 1.67. The third-order valence-corrected chi connectivity index (χ3v) is 2.72. The molecule has 2 N–H and O–H groups in total. The molecule has 15 heavy (non-hydrogen) atoms. The summed E-state index contributed by atoms with van der Waals surface area (Å²) < 4.78 is 1.05. The summed E-state index contributed by atoms with van der Waals surface area (Å²) in [6.45, 7) is 0. The van der Waals surface area contributed by atoms with Crippen molar-refractivity contribution in [1.29, 1.82) is 0 Å². The molecule has 0 radical (unpaired) electrons. The maximum absolute atomic E-state index is 5.48. The summed E-state index contributed by atoms with van der Waals surface area (Å²) in [6.07, 6.45) is 2.07. The minimum atomic E-state index is 0.257. The van der Waals surface area contributed by atoms with E-state index in [1.807, 2.05) is 24.3 Å². The van der Waals surface area contributed by atoms with Crippen molar-refractivity contribution in [3.05, 3.63) is 46.5 Å². The van der Waals surface area contributed by atoms with Gasteiger partial charge in [-0.25, -0.2) is 9.97 Å². The van der Waals surface area contributed by atoms with Gasteiger partial charge in [-0.1, -0.05) is 34.1 Å². The number of hydrogen-bond acceptors (Lipinski definition) is 4. The number of benzene rings is 1. The monoisotopic (exact) mass is 264 g/mol. The summed E-state index contributed by atoms with van der Waals surface area (Å²) in [4.78, 5) is 11.8. The Morgan fingerprint density at radius 1 is 1.20 bits per heavy atom. The topological polar surface area (TPSA) is 64.7 Å². The van der Waals surface area contributed by atoms with Gasteiger partial charge >= 0.3 is 0 Å². The molecule has 0 aliphatic rings. The molecule has 0 saturated heterocycles. The molecule has 1 heterocycles. The zero-order chi connectivity index (χ0) is 10.7. The average Bonchev–Trinajstić information content (AvgIpc) is 2.22. The zero-order valence-electron chi connectivity index (χ0n) is 7.89. The van der Waals surface area contributed by atoms with Gasteiger partial charge in [0.1, 0.15) is 12.2 Å². The molecule has 0 atom stereocenters. The molecule has 0 spiro atoms. The van der Waals surface area contributed by atoms with Crippen molar-refractivity contribution in [2.45, 2.75) is 6.42 Å². The Morgan fingerprint density at radius 3 is 2.73 bits per heavy atom. The number of aromatic nitrogens is 3. The predicted molar refractivity (Wildman–Crippen MR) is 61.2 cm³/mol. The van der Waals surface area contributed by atoms with Crippen molar-refractivity contribution >= 4 is 21.9 Å². The first-order valence-corrected chi connectivity index (χ1v) is 5.22. The number of nitrogen functional groups attached to an aromatic ring is 1. The van der Waals surface area contributed by atoms with Gasteiger partial charge in [-0.3, -0.25) is 0 Å².